The van der Waals surface area contributed by atoms with E-state index in [0.717, 1.165) is 5.69 Å². The number of nitrogens with one attached hydrogen (secondary N) is 1. The topological polar surface area (TPSA) is 80.7 Å². The van der Waals surface area contributed by atoms with Crippen LogP contribution in [0.25, 0.3) is 0 Å². The van der Waals surface area contributed by atoms with Gasteiger partial charge in [-0.05, 0) is 12.1 Å². The van der Waals surface area contributed by atoms with Crippen molar-refractivity contribution in [1.82, 2.24) is 4.98 Å². The van der Waals surface area contributed by atoms with Gasteiger partial charge in [0.15, 0.2) is 0 Å². The van der Waals surface area contributed by atoms with E-state index >= 15 is 0 Å². The van der Waals surface area contributed by atoms with Crippen molar-refractivity contribution in [3.05, 3.63) is 42.2 Å². The summed E-state index contributed by atoms with van der Waals surface area (Å²) in [5.74, 6) is 0.204. The van der Waals surface area contributed by atoms with Crippen LogP contribution in [-0.2, 0) is 0 Å². The standard InChI is InChI=1S/C14H14N2O4/c1-19-11-5-10(6-12(8-11)20-2)16-9-3-4-15-13(7-9)14(17)18/h3-8H,1-2H3,(H,15,16)(H,17,18). The monoisotopic (exact) mass is 274 g/mol. The van der Waals surface area contributed by atoms with Gasteiger partial charge in [-0.3, -0.25) is 0 Å². The Hall–Kier alpha value is -2.76. The summed E-state index contributed by atoms with van der Waals surface area (Å²) in [4.78, 5) is 14.6. The first-order chi connectivity index (χ1) is 9.62. The molecule has 0 unspecified atom stereocenters. The SMILES string of the molecule is COc1cc(Nc2ccnc(C(=O)O)c2)cc(OC)c1. The number of pyridine rings is 1. The molecule has 0 atom stereocenters. The number of hydrogen-bond acceptors (Lipinski definition) is 5. The molecule has 0 fully saturated rings. The van der Waals surface area contributed by atoms with Crippen molar-refractivity contribution in [3.8, 4) is 11.5 Å². The zero-order valence-electron chi connectivity index (χ0n) is 11.1. The highest BCUT2D eigenvalue weighted by Gasteiger charge is 2.06. The number of carbonyl (C=O) groups is 1. The highest BCUT2D eigenvalue weighted by atomic mass is 16.5. The average Bonchev–Trinajstić information content (AvgIpc) is 2.47. The van der Waals surface area contributed by atoms with Crippen LogP contribution in [-0.4, -0.2) is 30.3 Å². The molecule has 2 aromatic rings. The van der Waals surface area contributed by atoms with E-state index in [1.165, 1.54) is 12.3 Å². The molecular weight excluding hydrogens is 260 g/mol. The van der Waals surface area contributed by atoms with Gasteiger partial charge in [-0.2, -0.15) is 0 Å². The van der Waals surface area contributed by atoms with Gasteiger partial charge in [0, 0.05) is 35.8 Å². The van der Waals surface area contributed by atoms with Gasteiger partial charge < -0.3 is 19.9 Å². The Kier molecular flexibility index (Phi) is 4.05. The fraction of sp³-hybridized carbons (Fsp3) is 0.143. The molecular formula is C14H14N2O4. The van der Waals surface area contributed by atoms with Crippen LogP contribution in [0.4, 0.5) is 11.4 Å². The third kappa shape index (κ3) is 3.17. The molecule has 20 heavy (non-hydrogen) atoms. The number of benzene rings is 1. The molecule has 0 saturated carbocycles. The maximum absolute atomic E-state index is 10.9. The summed E-state index contributed by atoms with van der Waals surface area (Å²) in [6, 6.07) is 8.44. The van der Waals surface area contributed by atoms with Crippen molar-refractivity contribution in [3.63, 3.8) is 0 Å². The molecule has 2 N–H and O–H groups in total. The molecule has 104 valence electrons. The zero-order valence-corrected chi connectivity index (χ0v) is 11.1. The number of anilines is 2. The van der Waals surface area contributed by atoms with Crippen molar-refractivity contribution in [2.24, 2.45) is 0 Å². The van der Waals surface area contributed by atoms with E-state index in [1.807, 2.05) is 0 Å². The Bertz CT molecular complexity index is 606. The molecule has 1 aromatic carbocycles. The number of ether oxygens (including phenoxy) is 2. The molecule has 1 aromatic heterocycles. The molecule has 2 rings (SSSR count). The van der Waals surface area contributed by atoms with Gasteiger partial charge in [0.05, 0.1) is 14.2 Å². The molecule has 6 heteroatoms. The van der Waals surface area contributed by atoms with Crippen molar-refractivity contribution in [2.75, 3.05) is 19.5 Å². The van der Waals surface area contributed by atoms with Crippen LogP contribution in [0.2, 0.25) is 0 Å². The number of carboxylic acid groups (broad SMARTS) is 1. The van der Waals surface area contributed by atoms with Crippen LogP contribution in [0.15, 0.2) is 36.5 Å². The van der Waals surface area contributed by atoms with E-state index in [9.17, 15) is 4.79 Å². The second kappa shape index (κ2) is 5.92. The van der Waals surface area contributed by atoms with Gasteiger partial charge in [-0.25, -0.2) is 9.78 Å². The predicted molar refractivity (Wildman–Crippen MR) is 74.0 cm³/mol. The first-order valence-corrected chi connectivity index (χ1v) is 5.82. The van der Waals surface area contributed by atoms with E-state index in [2.05, 4.69) is 10.3 Å². The summed E-state index contributed by atoms with van der Waals surface area (Å²) < 4.78 is 10.3. The van der Waals surface area contributed by atoms with Gasteiger partial charge >= 0.3 is 5.97 Å². The normalized spacial score (nSPS) is 9.90. The Morgan fingerprint density at radius 2 is 1.75 bits per heavy atom. The lowest BCUT2D eigenvalue weighted by Gasteiger charge is -2.10. The number of aromatic nitrogens is 1. The molecule has 0 aliphatic heterocycles. The highest BCUT2D eigenvalue weighted by Crippen LogP contribution is 2.28. The minimum atomic E-state index is -1.07. The van der Waals surface area contributed by atoms with Crippen LogP contribution in [0.3, 0.4) is 0 Å². The van der Waals surface area contributed by atoms with E-state index in [-0.39, 0.29) is 5.69 Å². The summed E-state index contributed by atoms with van der Waals surface area (Å²) in [6.07, 6.45) is 1.43. The summed E-state index contributed by atoms with van der Waals surface area (Å²) in [6.45, 7) is 0. The smallest absolute Gasteiger partial charge is 0.354 e. The Balaban J connectivity index is 2.29. The number of carboxylic acids is 1. The lowest BCUT2D eigenvalue weighted by molar-refractivity contribution is 0.0690. The lowest BCUT2D eigenvalue weighted by Crippen LogP contribution is -2.01. The largest absolute Gasteiger partial charge is 0.497 e. The lowest BCUT2D eigenvalue weighted by atomic mass is 10.2. The first kappa shape index (κ1) is 13.7. The molecule has 0 radical (unpaired) electrons. The van der Waals surface area contributed by atoms with Crippen LogP contribution >= 0.6 is 0 Å². The quantitative estimate of drug-likeness (QED) is 0.872. The van der Waals surface area contributed by atoms with Crippen LogP contribution < -0.4 is 14.8 Å². The number of nitrogens with zero attached hydrogens (tertiary/aromatic N) is 1. The summed E-state index contributed by atoms with van der Waals surface area (Å²) in [5, 5.41) is 12.0. The molecule has 0 aliphatic carbocycles. The number of methoxy groups -OCH3 is 2. The fourth-order valence-electron chi connectivity index (χ4n) is 1.67. The van der Waals surface area contributed by atoms with Gasteiger partial charge in [0.1, 0.15) is 17.2 Å². The summed E-state index contributed by atoms with van der Waals surface area (Å²) >= 11 is 0. The first-order valence-electron chi connectivity index (χ1n) is 5.82. The van der Waals surface area contributed by atoms with Crippen molar-refractivity contribution in [2.45, 2.75) is 0 Å². The van der Waals surface area contributed by atoms with E-state index in [1.54, 1.807) is 38.5 Å². The molecule has 0 aliphatic rings. The minimum absolute atomic E-state index is 0.0233. The van der Waals surface area contributed by atoms with E-state index in [0.29, 0.717) is 17.2 Å². The van der Waals surface area contributed by atoms with Gasteiger partial charge in [-0.1, -0.05) is 0 Å². The minimum Gasteiger partial charge on any atom is -0.497 e. The molecule has 0 spiro atoms. The number of aromatic carboxylic acids is 1. The predicted octanol–water partition coefficient (Wildman–Crippen LogP) is 2.54. The van der Waals surface area contributed by atoms with Gasteiger partial charge in [0.2, 0.25) is 0 Å². The molecule has 0 bridgehead atoms. The highest BCUT2D eigenvalue weighted by molar-refractivity contribution is 5.86. The molecule has 6 nitrogen and oxygen atoms in total. The van der Waals surface area contributed by atoms with Crippen LogP contribution in [0.5, 0.6) is 11.5 Å². The van der Waals surface area contributed by atoms with Crippen molar-refractivity contribution >= 4 is 17.3 Å². The molecule has 0 amide bonds. The van der Waals surface area contributed by atoms with E-state index in [4.69, 9.17) is 14.6 Å². The third-order valence-corrected chi connectivity index (χ3v) is 2.62. The Labute approximate surface area is 116 Å². The Morgan fingerprint density at radius 3 is 2.30 bits per heavy atom. The Morgan fingerprint density at radius 1 is 1.10 bits per heavy atom. The summed E-state index contributed by atoms with van der Waals surface area (Å²) in [7, 11) is 3.13. The van der Waals surface area contributed by atoms with Gasteiger partial charge in [0.25, 0.3) is 0 Å². The maximum atomic E-state index is 10.9. The number of hydrogen-bond donors (Lipinski definition) is 2. The summed E-state index contributed by atoms with van der Waals surface area (Å²) in [5.41, 5.74) is 1.32. The van der Waals surface area contributed by atoms with Crippen LogP contribution in [0, 0.1) is 0 Å². The van der Waals surface area contributed by atoms with Crippen LogP contribution in [0.1, 0.15) is 10.5 Å². The third-order valence-electron chi connectivity index (χ3n) is 2.62. The molecule has 0 saturated heterocycles. The zero-order chi connectivity index (χ0) is 14.5. The second-order valence-electron chi connectivity index (χ2n) is 3.96. The van der Waals surface area contributed by atoms with Crippen molar-refractivity contribution < 1.29 is 19.4 Å². The van der Waals surface area contributed by atoms with Crippen molar-refractivity contribution in [1.29, 1.82) is 0 Å². The maximum Gasteiger partial charge on any atom is 0.354 e. The number of rotatable bonds is 5. The average molecular weight is 274 g/mol. The van der Waals surface area contributed by atoms with Gasteiger partial charge in [-0.15, -0.1) is 0 Å². The van der Waals surface area contributed by atoms with E-state index < -0.39 is 5.97 Å². The fourth-order valence-corrected chi connectivity index (χ4v) is 1.67. The second-order valence-corrected chi connectivity index (χ2v) is 3.96. The molecule has 1 heterocycles.